The van der Waals surface area contributed by atoms with Crippen molar-refractivity contribution in [2.45, 2.75) is 25.5 Å². The molecule has 198 valence electrons. The first-order valence-corrected chi connectivity index (χ1v) is 13.5. The normalized spacial score (nSPS) is 19.9. The first-order chi connectivity index (χ1) is 18.7. The number of rotatable bonds is 4. The second kappa shape index (κ2) is 9.35. The van der Waals surface area contributed by atoms with Gasteiger partial charge in [0.25, 0.3) is 5.78 Å². The van der Waals surface area contributed by atoms with E-state index >= 15 is 0 Å². The Hall–Kier alpha value is -3.96. The number of aliphatic hydroxyl groups is 1. The van der Waals surface area contributed by atoms with Crippen LogP contribution in [-0.4, -0.2) is 40.1 Å². The summed E-state index contributed by atoms with van der Waals surface area (Å²) in [5.41, 5.74) is 1.90. The third-order valence-corrected chi connectivity index (χ3v) is 8.37. The molecule has 0 radical (unpaired) electrons. The molecule has 1 saturated heterocycles. The highest BCUT2D eigenvalue weighted by Gasteiger charge is 2.48. The first-order valence-electron chi connectivity index (χ1n) is 11.9. The Kier molecular flexibility index (Phi) is 6.07. The second-order valence-corrected chi connectivity index (χ2v) is 11.1. The molecule has 8 nitrogen and oxygen atoms in total. The topological polar surface area (TPSA) is 109 Å². The molecule has 3 heterocycles. The largest absolute Gasteiger partial charge is 0.507 e. The molecule has 3 aromatic carbocycles. The number of ether oxygens (including phenoxy) is 2. The monoisotopic (exact) mass is 610 g/mol. The van der Waals surface area contributed by atoms with Crippen LogP contribution in [0.2, 0.25) is 0 Å². The van der Waals surface area contributed by atoms with Gasteiger partial charge in [0.2, 0.25) is 0 Å². The fourth-order valence-corrected chi connectivity index (χ4v) is 6.44. The van der Waals surface area contributed by atoms with Gasteiger partial charge in [-0.3, -0.25) is 14.5 Å². The molecule has 0 saturated carbocycles. The Bertz CT molecular complexity index is 1730. The van der Waals surface area contributed by atoms with Crippen molar-refractivity contribution >= 4 is 60.1 Å². The number of aromatic nitrogens is 1. The zero-order valence-electron chi connectivity index (χ0n) is 20.6. The number of ketones is 1. The molecule has 6 rings (SSSR count). The molecule has 4 aromatic rings. The summed E-state index contributed by atoms with van der Waals surface area (Å²) in [7, 11) is 1.37. The average molecular weight is 611 g/mol. The van der Waals surface area contributed by atoms with E-state index < -0.39 is 23.5 Å². The SMILES string of the molecule is COc1cc([C@@H]2C(=C(O)c3ccc4c(c3)C[C@@H](C)O4)C(=O)C(=O)N2c2nc3ccc(F)cc3s2)cc(Br)c1O. The number of carbonyl (C=O) groups is 2. The van der Waals surface area contributed by atoms with Crippen molar-refractivity contribution in [3.63, 3.8) is 0 Å². The van der Waals surface area contributed by atoms with Gasteiger partial charge in [-0.25, -0.2) is 9.37 Å². The smallest absolute Gasteiger partial charge is 0.301 e. The molecule has 1 aromatic heterocycles. The number of Topliss-reactive ketones (excluding diaryl/α,β-unsaturated/α-hetero) is 1. The van der Waals surface area contributed by atoms with Crippen LogP contribution >= 0.6 is 27.3 Å². The van der Waals surface area contributed by atoms with Gasteiger partial charge in [0.15, 0.2) is 16.6 Å². The van der Waals surface area contributed by atoms with Gasteiger partial charge < -0.3 is 19.7 Å². The van der Waals surface area contributed by atoms with Crippen LogP contribution in [0.1, 0.15) is 29.7 Å². The van der Waals surface area contributed by atoms with Gasteiger partial charge in [0, 0.05) is 12.0 Å². The Morgan fingerprint density at radius 3 is 2.77 bits per heavy atom. The Labute approximate surface area is 234 Å². The highest BCUT2D eigenvalue weighted by atomic mass is 79.9. The molecule has 1 fully saturated rings. The summed E-state index contributed by atoms with van der Waals surface area (Å²) in [4.78, 5) is 32.7. The molecule has 2 N–H and O–H groups in total. The minimum atomic E-state index is -1.12. The van der Waals surface area contributed by atoms with Crippen molar-refractivity contribution in [1.82, 2.24) is 4.98 Å². The lowest BCUT2D eigenvalue weighted by atomic mass is 9.94. The highest BCUT2D eigenvalue weighted by molar-refractivity contribution is 9.10. The van der Waals surface area contributed by atoms with E-state index in [0.29, 0.717) is 33.5 Å². The molecular weight excluding hydrogens is 591 g/mol. The van der Waals surface area contributed by atoms with Gasteiger partial charge in [0.1, 0.15) is 23.4 Å². The molecule has 2 atom stereocenters. The van der Waals surface area contributed by atoms with Gasteiger partial charge in [-0.2, -0.15) is 0 Å². The number of phenols is 1. The van der Waals surface area contributed by atoms with E-state index in [1.54, 1.807) is 24.3 Å². The number of amides is 1. The summed E-state index contributed by atoms with van der Waals surface area (Å²) in [6.07, 6.45) is 0.618. The Balaban J connectivity index is 1.57. The van der Waals surface area contributed by atoms with Crippen molar-refractivity contribution in [3.8, 4) is 17.2 Å². The standard InChI is InChI=1S/C28H20BrFN2O6S/c1-12-7-14-8-13(3-6-19(14)38-12)24(33)22-23(15-9-17(29)25(34)20(10-15)37-2)32(27(36)26(22)35)28-31-18-5-4-16(30)11-21(18)39-28/h3-6,8-12,23,33-34H,7H2,1-2H3/t12-,23-/m1/s1. The maximum absolute atomic E-state index is 13.9. The lowest BCUT2D eigenvalue weighted by molar-refractivity contribution is -0.132. The zero-order chi connectivity index (χ0) is 27.6. The molecule has 0 bridgehead atoms. The number of phenolic OH excluding ortho intramolecular Hbond substituents is 1. The molecule has 2 aliphatic rings. The van der Waals surface area contributed by atoms with Crippen molar-refractivity contribution in [3.05, 3.63) is 81.1 Å². The lowest BCUT2D eigenvalue weighted by Crippen LogP contribution is -2.29. The quantitative estimate of drug-likeness (QED) is 0.169. The molecule has 11 heteroatoms. The van der Waals surface area contributed by atoms with E-state index in [9.17, 15) is 24.2 Å². The summed E-state index contributed by atoms with van der Waals surface area (Å²) >= 11 is 4.35. The van der Waals surface area contributed by atoms with Crippen LogP contribution in [0.4, 0.5) is 9.52 Å². The van der Waals surface area contributed by atoms with Gasteiger partial charge in [-0.05, 0) is 82.5 Å². The van der Waals surface area contributed by atoms with Crippen LogP contribution in [0.15, 0.2) is 58.6 Å². The number of aromatic hydroxyl groups is 1. The lowest BCUT2D eigenvalue weighted by Gasteiger charge is -2.24. The van der Waals surface area contributed by atoms with E-state index in [-0.39, 0.29) is 38.5 Å². The van der Waals surface area contributed by atoms with Crippen LogP contribution in [0.25, 0.3) is 16.0 Å². The predicted octanol–water partition coefficient (Wildman–Crippen LogP) is 5.86. The summed E-state index contributed by atoms with van der Waals surface area (Å²) in [6.45, 7) is 1.94. The van der Waals surface area contributed by atoms with E-state index in [1.165, 1.54) is 36.3 Å². The van der Waals surface area contributed by atoms with E-state index in [0.717, 1.165) is 16.9 Å². The van der Waals surface area contributed by atoms with Crippen LogP contribution in [-0.2, 0) is 16.0 Å². The van der Waals surface area contributed by atoms with Crippen LogP contribution in [0, 0.1) is 5.82 Å². The average Bonchev–Trinajstić information content (AvgIpc) is 3.57. The second-order valence-electron chi connectivity index (χ2n) is 9.29. The summed E-state index contributed by atoms with van der Waals surface area (Å²) in [6, 6.07) is 11.1. The first kappa shape index (κ1) is 25.3. The molecular formula is C28H20BrFN2O6S. The predicted molar refractivity (Wildman–Crippen MR) is 147 cm³/mol. The Morgan fingerprint density at radius 2 is 2.00 bits per heavy atom. The van der Waals surface area contributed by atoms with Gasteiger partial charge in [0.05, 0.1) is 33.4 Å². The van der Waals surface area contributed by atoms with E-state index in [1.807, 2.05) is 6.92 Å². The number of anilines is 1. The third-order valence-electron chi connectivity index (χ3n) is 6.75. The molecule has 0 spiro atoms. The summed E-state index contributed by atoms with van der Waals surface area (Å²) in [5.74, 6) is -2.00. The van der Waals surface area contributed by atoms with Crippen LogP contribution < -0.4 is 14.4 Å². The number of hydrogen-bond donors (Lipinski definition) is 2. The number of carbonyl (C=O) groups excluding carboxylic acids is 2. The van der Waals surface area contributed by atoms with Crippen LogP contribution in [0.5, 0.6) is 17.2 Å². The van der Waals surface area contributed by atoms with Gasteiger partial charge >= 0.3 is 5.91 Å². The molecule has 2 aliphatic heterocycles. The fourth-order valence-electron chi connectivity index (χ4n) is 4.97. The number of aliphatic hydroxyl groups excluding tert-OH is 1. The Morgan fingerprint density at radius 1 is 1.21 bits per heavy atom. The highest BCUT2D eigenvalue weighted by Crippen LogP contribution is 2.47. The maximum Gasteiger partial charge on any atom is 0.301 e. The molecule has 1 amide bonds. The van der Waals surface area contributed by atoms with E-state index in [4.69, 9.17) is 9.47 Å². The maximum atomic E-state index is 13.9. The minimum absolute atomic E-state index is 0.0198. The minimum Gasteiger partial charge on any atom is -0.507 e. The molecule has 0 aliphatic carbocycles. The number of hydrogen-bond acceptors (Lipinski definition) is 8. The molecule has 0 unspecified atom stereocenters. The third kappa shape index (κ3) is 4.12. The van der Waals surface area contributed by atoms with Crippen LogP contribution in [0.3, 0.4) is 0 Å². The number of thiazole rings is 1. The number of nitrogens with zero attached hydrogens (tertiary/aromatic N) is 2. The van der Waals surface area contributed by atoms with Crippen molar-refractivity contribution < 1.29 is 33.7 Å². The number of fused-ring (bicyclic) bond motifs is 2. The van der Waals surface area contributed by atoms with Gasteiger partial charge in [-0.1, -0.05) is 11.3 Å². The van der Waals surface area contributed by atoms with E-state index in [2.05, 4.69) is 20.9 Å². The number of halogens is 2. The van der Waals surface area contributed by atoms with Crippen molar-refractivity contribution in [2.75, 3.05) is 12.0 Å². The zero-order valence-corrected chi connectivity index (χ0v) is 23.0. The summed E-state index contributed by atoms with van der Waals surface area (Å²) in [5, 5.41) is 22.1. The van der Waals surface area contributed by atoms with Crippen molar-refractivity contribution in [2.24, 2.45) is 0 Å². The number of benzene rings is 3. The summed E-state index contributed by atoms with van der Waals surface area (Å²) < 4.78 is 25.7. The number of methoxy groups -OCH3 is 1. The molecule has 39 heavy (non-hydrogen) atoms. The van der Waals surface area contributed by atoms with Crippen molar-refractivity contribution in [1.29, 1.82) is 0 Å². The fraction of sp³-hybridized carbons (Fsp3) is 0.179. The van der Waals surface area contributed by atoms with Gasteiger partial charge in [-0.15, -0.1) is 0 Å².